The van der Waals surface area contributed by atoms with Crippen molar-refractivity contribution < 1.29 is 22.3 Å². The summed E-state index contributed by atoms with van der Waals surface area (Å²) in [5.74, 6) is 0.922. The van der Waals surface area contributed by atoms with Crippen LogP contribution in [0.25, 0.3) is 27.1 Å². The highest BCUT2D eigenvalue weighted by atomic mass is 127. The Kier molecular flexibility index (Phi) is 8.10. The number of anilines is 1. The lowest BCUT2D eigenvalue weighted by Gasteiger charge is -2.19. The topological polar surface area (TPSA) is 73.5 Å². The number of aromatic nitrogens is 1. The van der Waals surface area contributed by atoms with Gasteiger partial charge in [0.25, 0.3) is 5.01 Å². The lowest BCUT2D eigenvalue weighted by Crippen LogP contribution is -2.37. The summed E-state index contributed by atoms with van der Waals surface area (Å²) in [5.41, 5.74) is 4.17. The maximum Gasteiger partial charge on any atom is 0.263 e. The largest absolute Gasteiger partial charge is 0.748 e. The molecule has 0 saturated heterocycles. The molecule has 0 aliphatic carbocycles. The molecule has 1 aromatic heterocycles. The Bertz CT molecular complexity index is 1970. The van der Waals surface area contributed by atoms with Gasteiger partial charge in [0.05, 0.1) is 21.6 Å². The molecule has 1 atom stereocenters. The molecule has 6 nitrogen and oxygen atoms in total. The van der Waals surface area contributed by atoms with E-state index in [1.165, 1.54) is 26.6 Å². The highest BCUT2D eigenvalue weighted by Crippen LogP contribution is 2.40. The predicted molar refractivity (Wildman–Crippen MR) is 178 cm³/mol. The highest BCUT2D eigenvalue weighted by molar-refractivity contribution is 14.1. The van der Waals surface area contributed by atoms with E-state index in [1.54, 1.807) is 16.2 Å². The monoisotopic (exact) mass is 708 g/mol. The van der Waals surface area contributed by atoms with Crippen LogP contribution in [-0.2, 0) is 16.7 Å². The average Bonchev–Trinajstić information content (AvgIpc) is 3.48. The number of fused-ring (bicyclic) bond motifs is 4. The number of nitrogens with zero attached hydrogens (tertiary/aromatic N) is 2. The van der Waals surface area contributed by atoms with Crippen molar-refractivity contribution in [1.29, 1.82) is 0 Å². The first-order valence-electron chi connectivity index (χ1n) is 13.6. The first-order chi connectivity index (χ1) is 20.2. The number of rotatable bonds is 8. The van der Waals surface area contributed by atoms with Crippen LogP contribution < -0.4 is 14.2 Å². The van der Waals surface area contributed by atoms with Gasteiger partial charge in [-0.15, -0.1) is 0 Å². The van der Waals surface area contributed by atoms with Gasteiger partial charge in [0.2, 0.25) is 11.4 Å². The first kappa shape index (κ1) is 28.9. The Morgan fingerprint density at radius 3 is 2.62 bits per heavy atom. The van der Waals surface area contributed by atoms with Crippen LogP contribution in [0.2, 0.25) is 0 Å². The Labute approximate surface area is 263 Å². The van der Waals surface area contributed by atoms with Gasteiger partial charge in [-0.05, 0) is 70.3 Å². The van der Waals surface area contributed by atoms with E-state index in [0.29, 0.717) is 17.6 Å². The lowest BCUT2D eigenvalue weighted by molar-refractivity contribution is -0.671. The van der Waals surface area contributed by atoms with Crippen molar-refractivity contribution in [1.82, 2.24) is 0 Å². The molecule has 0 N–H and O–H groups in total. The molecule has 6 rings (SSSR count). The second kappa shape index (κ2) is 11.8. The molecule has 0 spiro atoms. The van der Waals surface area contributed by atoms with Crippen LogP contribution >= 0.6 is 33.9 Å². The molecule has 5 aromatic rings. The first-order valence-corrected chi connectivity index (χ1v) is 17.1. The van der Waals surface area contributed by atoms with Crippen molar-refractivity contribution in [2.75, 3.05) is 17.2 Å². The minimum atomic E-state index is -4.39. The third kappa shape index (κ3) is 6.10. The van der Waals surface area contributed by atoms with Gasteiger partial charge in [0.15, 0.2) is 12.3 Å². The molecule has 4 aromatic carbocycles. The second-order valence-corrected chi connectivity index (χ2v) is 14.3. The average molecular weight is 709 g/mol. The summed E-state index contributed by atoms with van der Waals surface area (Å²) >= 11 is 3.97. The number of allylic oxidation sites excluding steroid dienone is 2. The standard InChI is InChI=1S/C33H29IN2O4S2/c1-22(18-31-35(16-17-42(37,38)39)29-20-26(34)13-15-30(29)40-31)19-32-36(21-23(2)24-8-4-3-5-9-24)28-14-12-25-10-6-7-11-27(25)33(28)41-32/h3-15,18-20,23H,16-17,21H2,1-2H3. The Morgan fingerprint density at radius 2 is 1.83 bits per heavy atom. The highest BCUT2D eigenvalue weighted by Gasteiger charge is 2.28. The normalized spacial score (nSPS) is 15.4. The van der Waals surface area contributed by atoms with Crippen LogP contribution in [0.3, 0.4) is 0 Å². The van der Waals surface area contributed by atoms with Crippen LogP contribution in [0, 0.1) is 3.57 Å². The summed E-state index contributed by atoms with van der Waals surface area (Å²) in [7, 11) is -4.39. The van der Waals surface area contributed by atoms with Gasteiger partial charge in [-0.1, -0.05) is 72.9 Å². The molecule has 0 fully saturated rings. The van der Waals surface area contributed by atoms with Crippen molar-refractivity contribution in [3.63, 3.8) is 0 Å². The van der Waals surface area contributed by atoms with E-state index in [0.717, 1.165) is 26.4 Å². The molecule has 1 aliphatic heterocycles. The molecule has 0 bridgehead atoms. The summed E-state index contributed by atoms with van der Waals surface area (Å²) in [6, 6.07) is 29.1. The van der Waals surface area contributed by atoms with Crippen LogP contribution in [0.5, 0.6) is 5.75 Å². The number of hydrogen-bond acceptors (Lipinski definition) is 6. The number of hydrogen-bond donors (Lipinski definition) is 0. The van der Waals surface area contributed by atoms with E-state index in [2.05, 4.69) is 101 Å². The fraction of sp³-hybridized carbons (Fsp3) is 0.182. The predicted octanol–water partition coefficient (Wildman–Crippen LogP) is 7.44. The van der Waals surface area contributed by atoms with E-state index >= 15 is 0 Å². The molecule has 42 heavy (non-hydrogen) atoms. The van der Waals surface area contributed by atoms with Gasteiger partial charge in [-0.3, -0.25) is 0 Å². The third-order valence-corrected chi connectivity index (χ3v) is 9.94. The van der Waals surface area contributed by atoms with Crippen molar-refractivity contribution >= 4 is 76.8 Å². The quantitative estimate of drug-likeness (QED) is 0.0953. The molecule has 1 aliphatic rings. The van der Waals surface area contributed by atoms with Crippen LogP contribution in [0.4, 0.5) is 5.69 Å². The smallest absolute Gasteiger partial charge is 0.263 e. The molecule has 2 heterocycles. The fourth-order valence-electron chi connectivity index (χ4n) is 5.33. The fourth-order valence-corrected chi connectivity index (χ4v) is 7.53. The molecule has 9 heteroatoms. The number of thiazole rings is 1. The molecule has 214 valence electrons. The minimum Gasteiger partial charge on any atom is -0.748 e. The van der Waals surface area contributed by atoms with Crippen molar-refractivity contribution in [3.05, 3.63) is 117 Å². The number of ether oxygens (including phenoxy) is 1. The lowest BCUT2D eigenvalue weighted by atomic mass is 10.0. The molecule has 0 radical (unpaired) electrons. The summed E-state index contributed by atoms with van der Waals surface area (Å²) < 4.78 is 45.2. The Morgan fingerprint density at radius 1 is 1.07 bits per heavy atom. The van der Waals surface area contributed by atoms with Gasteiger partial charge < -0.3 is 14.2 Å². The van der Waals surface area contributed by atoms with E-state index in [-0.39, 0.29) is 6.54 Å². The van der Waals surface area contributed by atoms with Crippen molar-refractivity contribution in [3.8, 4) is 5.75 Å². The van der Waals surface area contributed by atoms with Crippen molar-refractivity contribution in [2.24, 2.45) is 0 Å². The number of benzene rings is 4. The third-order valence-electron chi connectivity index (χ3n) is 7.41. The van der Waals surface area contributed by atoms with Gasteiger partial charge >= 0.3 is 0 Å². The molecule has 0 saturated carbocycles. The molecule has 1 unspecified atom stereocenters. The second-order valence-electron chi connectivity index (χ2n) is 10.5. The van der Waals surface area contributed by atoms with Gasteiger partial charge in [-0.2, -0.15) is 4.57 Å². The summed E-state index contributed by atoms with van der Waals surface area (Å²) in [5, 5.41) is 3.54. The summed E-state index contributed by atoms with van der Waals surface area (Å²) in [6.07, 6.45) is 4.07. The zero-order valence-electron chi connectivity index (χ0n) is 23.2. The van der Waals surface area contributed by atoms with Crippen LogP contribution in [-0.4, -0.2) is 25.3 Å². The van der Waals surface area contributed by atoms with Crippen LogP contribution in [0.15, 0.2) is 102 Å². The SMILES string of the molecule is CC(=C/c1sc2c3ccccc3ccc2[n+]1CC(C)c1ccccc1)/C=C1\Oc2ccc(I)cc2N1CCS(=O)(=O)[O-]. The van der Waals surface area contributed by atoms with Gasteiger partial charge in [-0.25, -0.2) is 8.42 Å². The summed E-state index contributed by atoms with van der Waals surface area (Å²) in [6.45, 7) is 5.09. The number of halogens is 1. The van der Waals surface area contributed by atoms with E-state index in [4.69, 9.17) is 4.74 Å². The Balaban J connectivity index is 1.42. The Hall–Kier alpha value is -3.25. The van der Waals surface area contributed by atoms with Crippen LogP contribution in [0.1, 0.15) is 30.3 Å². The van der Waals surface area contributed by atoms with E-state index in [1.807, 2.05) is 37.3 Å². The van der Waals surface area contributed by atoms with Crippen molar-refractivity contribution in [2.45, 2.75) is 26.3 Å². The maximum atomic E-state index is 11.5. The van der Waals surface area contributed by atoms with Gasteiger partial charge in [0, 0.05) is 39.6 Å². The molecule has 0 amide bonds. The maximum absolute atomic E-state index is 11.5. The minimum absolute atomic E-state index is 0.0154. The van der Waals surface area contributed by atoms with E-state index < -0.39 is 15.9 Å². The zero-order chi connectivity index (χ0) is 29.4. The van der Waals surface area contributed by atoms with E-state index in [9.17, 15) is 13.0 Å². The zero-order valence-corrected chi connectivity index (χ0v) is 26.9. The molecular formula is C33H29IN2O4S2. The molecular weight excluding hydrogens is 679 g/mol. The summed E-state index contributed by atoms with van der Waals surface area (Å²) in [4.78, 5) is 1.77. The van der Waals surface area contributed by atoms with Gasteiger partial charge in [0.1, 0.15) is 4.70 Å².